The van der Waals surface area contributed by atoms with Crippen LogP contribution >= 0.6 is 0 Å². The zero-order chi connectivity index (χ0) is 23.6. The van der Waals surface area contributed by atoms with Crippen molar-refractivity contribution in [1.29, 1.82) is 0 Å². The van der Waals surface area contributed by atoms with E-state index in [1.807, 2.05) is 0 Å². The Kier molecular flexibility index (Phi) is 8.24. The monoisotopic (exact) mass is 450 g/mol. The number of rotatable bonds is 11. The van der Waals surface area contributed by atoms with E-state index in [2.05, 4.69) is 5.32 Å². The van der Waals surface area contributed by atoms with E-state index < -0.39 is 5.91 Å². The Morgan fingerprint density at radius 2 is 1.76 bits per heavy atom. The van der Waals surface area contributed by atoms with E-state index in [0.29, 0.717) is 34.9 Å². The van der Waals surface area contributed by atoms with Crippen LogP contribution < -0.4 is 14.8 Å². The van der Waals surface area contributed by atoms with Crippen molar-refractivity contribution in [2.24, 2.45) is 0 Å². The first-order valence-corrected chi connectivity index (χ1v) is 10.5. The molecule has 8 nitrogen and oxygen atoms in total. The molecule has 0 bridgehead atoms. The molecule has 0 aliphatic heterocycles. The molecule has 0 aliphatic rings. The quantitative estimate of drug-likeness (QED) is 0.445. The van der Waals surface area contributed by atoms with E-state index in [-0.39, 0.29) is 31.4 Å². The molecule has 0 radical (unpaired) electrons. The van der Waals surface area contributed by atoms with Crippen molar-refractivity contribution in [3.63, 3.8) is 0 Å². The number of carbonyl (C=O) groups excluding carboxylic acids is 3. The Hall–Kier alpha value is -4.07. The zero-order valence-corrected chi connectivity index (χ0v) is 18.6. The van der Waals surface area contributed by atoms with Gasteiger partial charge in [-0.25, -0.2) is 0 Å². The summed E-state index contributed by atoms with van der Waals surface area (Å²) in [5, 5.41) is 2.76. The molecule has 0 spiro atoms. The van der Waals surface area contributed by atoms with Crippen LogP contribution in [0.3, 0.4) is 0 Å². The highest BCUT2D eigenvalue weighted by Crippen LogP contribution is 2.23. The molecule has 1 aromatic heterocycles. The second-order valence-corrected chi connectivity index (χ2v) is 7.17. The molecule has 33 heavy (non-hydrogen) atoms. The van der Waals surface area contributed by atoms with Gasteiger partial charge in [-0.2, -0.15) is 0 Å². The number of ether oxygens (including phenoxy) is 2. The zero-order valence-electron chi connectivity index (χ0n) is 18.6. The smallest absolute Gasteiger partial charge is 0.261 e. The molecule has 2 amide bonds. The molecule has 2 aromatic carbocycles. The summed E-state index contributed by atoms with van der Waals surface area (Å²) in [6.07, 6.45) is 1.92. The number of methoxy groups -OCH3 is 1. The largest absolute Gasteiger partial charge is 0.495 e. The van der Waals surface area contributed by atoms with Crippen molar-refractivity contribution in [1.82, 2.24) is 4.90 Å². The minimum absolute atomic E-state index is 0.0308. The molecule has 0 saturated carbocycles. The normalized spacial score (nSPS) is 10.4. The van der Waals surface area contributed by atoms with Gasteiger partial charge in [0.2, 0.25) is 5.91 Å². The minimum Gasteiger partial charge on any atom is -0.495 e. The maximum atomic E-state index is 12.9. The van der Waals surface area contributed by atoms with Gasteiger partial charge >= 0.3 is 0 Å². The Bertz CT molecular complexity index is 1080. The number of hydrogen-bond donors (Lipinski definition) is 1. The highest BCUT2D eigenvalue weighted by Gasteiger charge is 2.20. The second kappa shape index (κ2) is 11.5. The Labute approximate surface area is 192 Å². The lowest BCUT2D eigenvalue weighted by molar-refractivity contribution is -0.137. The number of benzene rings is 2. The minimum atomic E-state index is -0.393. The van der Waals surface area contributed by atoms with Crippen molar-refractivity contribution in [3.05, 3.63) is 78.3 Å². The van der Waals surface area contributed by atoms with Gasteiger partial charge in [0.05, 0.1) is 25.6 Å². The van der Waals surface area contributed by atoms with Gasteiger partial charge in [-0.15, -0.1) is 0 Å². The number of nitrogens with zero attached hydrogens (tertiary/aromatic N) is 1. The molecule has 0 saturated heterocycles. The van der Waals surface area contributed by atoms with Crippen LogP contribution in [-0.4, -0.2) is 42.8 Å². The third-order valence-corrected chi connectivity index (χ3v) is 4.85. The molecule has 3 aromatic rings. The average molecular weight is 450 g/mol. The number of nitrogens with one attached hydrogen (secondary N) is 1. The lowest BCUT2D eigenvalue weighted by Gasteiger charge is -2.21. The Balaban J connectivity index is 1.64. The van der Waals surface area contributed by atoms with Crippen LogP contribution in [0.4, 0.5) is 5.69 Å². The van der Waals surface area contributed by atoms with Crippen LogP contribution in [0.5, 0.6) is 11.5 Å². The van der Waals surface area contributed by atoms with Crippen molar-refractivity contribution in [2.75, 3.05) is 25.6 Å². The Morgan fingerprint density at radius 3 is 2.42 bits per heavy atom. The molecule has 0 unspecified atom stereocenters. The molecule has 0 fully saturated rings. The standard InChI is InChI=1S/C25H26N2O6/c1-3-22(28)18-10-12-19(13-11-18)33-17-25(30)27(15-20-7-6-14-32-20)16-24(29)26-21-8-4-5-9-23(21)31-2/h4-14H,3,15-17H2,1-2H3,(H,26,29). The third-order valence-electron chi connectivity index (χ3n) is 4.85. The summed E-state index contributed by atoms with van der Waals surface area (Å²) in [6.45, 7) is 1.43. The molecule has 0 atom stereocenters. The summed E-state index contributed by atoms with van der Waals surface area (Å²) in [4.78, 5) is 38.6. The molecule has 172 valence electrons. The molecular weight excluding hydrogens is 424 g/mol. The van der Waals surface area contributed by atoms with E-state index in [0.717, 1.165) is 0 Å². The number of ketones is 1. The van der Waals surface area contributed by atoms with Crippen molar-refractivity contribution < 1.29 is 28.3 Å². The number of hydrogen-bond acceptors (Lipinski definition) is 6. The number of Topliss-reactive ketones (excluding diaryl/α,β-unsaturated/α-hetero) is 1. The fourth-order valence-electron chi connectivity index (χ4n) is 3.11. The maximum absolute atomic E-state index is 12.9. The molecule has 1 heterocycles. The van der Waals surface area contributed by atoms with Gasteiger partial charge in [0.15, 0.2) is 12.4 Å². The predicted molar refractivity (Wildman–Crippen MR) is 122 cm³/mol. The number of carbonyl (C=O) groups is 3. The lowest BCUT2D eigenvalue weighted by Crippen LogP contribution is -2.40. The highest BCUT2D eigenvalue weighted by atomic mass is 16.5. The van der Waals surface area contributed by atoms with Crippen LogP contribution in [0.2, 0.25) is 0 Å². The maximum Gasteiger partial charge on any atom is 0.261 e. The second-order valence-electron chi connectivity index (χ2n) is 7.17. The fourth-order valence-corrected chi connectivity index (χ4v) is 3.11. The molecule has 8 heteroatoms. The SMILES string of the molecule is CCC(=O)c1ccc(OCC(=O)N(CC(=O)Nc2ccccc2OC)Cc2ccco2)cc1. The van der Waals surface area contributed by atoms with Crippen molar-refractivity contribution in [3.8, 4) is 11.5 Å². The molecule has 0 aliphatic carbocycles. The lowest BCUT2D eigenvalue weighted by atomic mass is 10.1. The van der Waals surface area contributed by atoms with E-state index in [1.165, 1.54) is 18.3 Å². The number of anilines is 1. The molecule has 1 N–H and O–H groups in total. The number of amides is 2. The van der Waals surface area contributed by atoms with Gasteiger partial charge < -0.3 is 24.1 Å². The van der Waals surface area contributed by atoms with Gasteiger partial charge in [-0.05, 0) is 48.5 Å². The van der Waals surface area contributed by atoms with E-state index >= 15 is 0 Å². The van der Waals surface area contributed by atoms with Gasteiger partial charge in [0.1, 0.15) is 23.8 Å². The number of para-hydroxylation sites is 2. The number of furan rings is 1. The summed E-state index contributed by atoms with van der Waals surface area (Å²) < 4.78 is 16.2. The predicted octanol–water partition coefficient (Wildman–Crippen LogP) is 3.93. The first-order valence-electron chi connectivity index (χ1n) is 10.5. The summed E-state index contributed by atoms with van der Waals surface area (Å²) in [6, 6.07) is 17.1. The molecule has 3 rings (SSSR count). The van der Waals surface area contributed by atoms with Crippen LogP contribution in [0.15, 0.2) is 71.3 Å². The summed E-state index contributed by atoms with van der Waals surface area (Å²) in [5.41, 5.74) is 1.09. The average Bonchev–Trinajstić information content (AvgIpc) is 3.35. The van der Waals surface area contributed by atoms with Crippen molar-refractivity contribution >= 4 is 23.3 Å². The van der Waals surface area contributed by atoms with Gasteiger partial charge in [-0.1, -0.05) is 19.1 Å². The first-order chi connectivity index (χ1) is 16.0. The summed E-state index contributed by atoms with van der Waals surface area (Å²) in [5.74, 6) is 0.756. The third kappa shape index (κ3) is 6.70. The van der Waals surface area contributed by atoms with Gasteiger partial charge in [-0.3, -0.25) is 14.4 Å². The van der Waals surface area contributed by atoms with Crippen LogP contribution in [0.25, 0.3) is 0 Å². The van der Waals surface area contributed by atoms with Crippen LogP contribution in [0, 0.1) is 0 Å². The highest BCUT2D eigenvalue weighted by molar-refractivity contribution is 5.96. The summed E-state index contributed by atoms with van der Waals surface area (Å²) >= 11 is 0. The van der Waals surface area contributed by atoms with Crippen molar-refractivity contribution in [2.45, 2.75) is 19.9 Å². The fraction of sp³-hybridized carbons (Fsp3) is 0.240. The van der Waals surface area contributed by atoms with E-state index in [4.69, 9.17) is 13.9 Å². The molecular formula is C25H26N2O6. The van der Waals surface area contributed by atoms with Gasteiger partial charge in [0.25, 0.3) is 5.91 Å². The first kappa shape index (κ1) is 23.6. The Morgan fingerprint density at radius 1 is 1.00 bits per heavy atom. The summed E-state index contributed by atoms with van der Waals surface area (Å²) in [7, 11) is 1.51. The van der Waals surface area contributed by atoms with Crippen LogP contribution in [-0.2, 0) is 16.1 Å². The van der Waals surface area contributed by atoms with E-state index in [9.17, 15) is 14.4 Å². The van der Waals surface area contributed by atoms with Crippen LogP contribution in [0.1, 0.15) is 29.5 Å². The van der Waals surface area contributed by atoms with Gasteiger partial charge in [0, 0.05) is 12.0 Å². The topological polar surface area (TPSA) is 98.1 Å². The van der Waals surface area contributed by atoms with E-state index in [1.54, 1.807) is 67.6 Å².